The number of rotatable bonds is 4. The van der Waals surface area contributed by atoms with Gasteiger partial charge in [-0.3, -0.25) is 0 Å². The van der Waals surface area contributed by atoms with Crippen LogP contribution in [0.1, 0.15) is 5.56 Å². The third kappa shape index (κ3) is 2.96. The van der Waals surface area contributed by atoms with E-state index in [2.05, 4.69) is 15.1 Å². The molecule has 0 aliphatic carbocycles. The molecule has 0 bridgehead atoms. The molecule has 0 saturated heterocycles. The molecule has 3 rings (SSSR count). The molecule has 0 aliphatic heterocycles. The number of benzene rings is 1. The van der Waals surface area contributed by atoms with Crippen LogP contribution in [0.25, 0.3) is 10.9 Å². The molecule has 1 aromatic carbocycles. The van der Waals surface area contributed by atoms with E-state index in [0.29, 0.717) is 10.9 Å². The molecular formula is C14H13ClN4OS. The monoisotopic (exact) mass is 320 g/mol. The fraction of sp³-hybridized carbons (Fsp3) is 0.214. The van der Waals surface area contributed by atoms with Gasteiger partial charge < -0.3 is 4.74 Å². The van der Waals surface area contributed by atoms with Crippen LogP contribution in [0.5, 0.6) is 5.75 Å². The predicted octanol–water partition coefficient (Wildman–Crippen LogP) is 3.32. The number of ether oxygens (including phenoxy) is 1. The lowest BCUT2D eigenvalue weighted by Gasteiger charge is -2.07. The second-order valence-corrected chi connectivity index (χ2v) is 5.75. The summed E-state index contributed by atoms with van der Waals surface area (Å²) in [5.41, 5.74) is 1.80. The lowest BCUT2D eigenvalue weighted by molar-refractivity contribution is 0.415. The Hall–Kier alpha value is -1.79. The van der Waals surface area contributed by atoms with E-state index in [-0.39, 0.29) is 0 Å². The first-order valence-corrected chi connectivity index (χ1v) is 7.63. The first-order valence-electron chi connectivity index (χ1n) is 6.27. The van der Waals surface area contributed by atoms with Crippen LogP contribution in [-0.2, 0) is 12.8 Å². The molecule has 0 atom stereocenters. The van der Waals surface area contributed by atoms with Crippen molar-refractivity contribution in [3.05, 3.63) is 41.3 Å². The average molecular weight is 321 g/mol. The summed E-state index contributed by atoms with van der Waals surface area (Å²) < 4.78 is 6.93. The van der Waals surface area contributed by atoms with Gasteiger partial charge in [-0.2, -0.15) is 5.10 Å². The Balaban J connectivity index is 1.88. The summed E-state index contributed by atoms with van der Waals surface area (Å²) in [6.07, 6.45) is 1.54. The minimum atomic E-state index is 0.505. The van der Waals surface area contributed by atoms with Crippen molar-refractivity contribution in [1.29, 1.82) is 0 Å². The molecule has 0 fully saturated rings. The minimum Gasteiger partial charge on any atom is -0.497 e. The van der Waals surface area contributed by atoms with E-state index in [1.807, 2.05) is 31.3 Å². The molecule has 0 amide bonds. The largest absolute Gasteiger partial charge is 0.497 e. The first-order chi connectivity index (χ1) is 10.2. The van der Waals surface area contributed by atoms with E-state index < -0.39 is 0 Å². The number of nitrogens with zero attached hydrogens (tertiary/aromatic N) is 4. The Morgan fingerprint density at radius 2 is 2.19 bits per heavy atom. The summed E-state index contributed by atoms with van der Waals surface area (Å²) in [6.45, 7) is 0. The normalized spacial score (nSPS) is 11.0. The number of pyridine rings is 1. The molecule has 0 spiro atoms. The number of fused-ring (bicyclic) bond motifs is 1. The molecule has 21 heavy (non-hydrogen) atoms. The molecule has 3 aromatic rings. The van der Waals surface area contributed by atoms with Gasteiger partial charge in [-0.05, 0) is 18.2 Å². The van der Waals surface area contributed by atoms with E-state index >= 15 is 0 Å². The molecule has 5 nitrogen and oxygen atoms in total. The van der Waals surface area contributed by atoms with Crippen LogP contribution < -0.4 is 4.74 Å². The maximum Gasteiger partial charge on any atom is 0.186 e. The van der Waals surface area contributed by atoms with Gasteiger partial charge in [-0.25, -0.2) is 14.6 Å². The van der Waals surface area contributed by atoms with Crippen LogP contribution in [0.2, 0.25) is 5.15 Å². The van der Waals surface area contributed by atoms with Crippen LogP contribution in [0, 0.1) is 0 Å². The van der Waals surface area contributed by atoms with Crippen LogP contribution in [0.4, 0.5) is 0 Å². The Morgan fingerprint density at radius 3 is 2.90 bits per heavy atom. The number of methoxy groups -OCH3 is 1. The molecule has 2 heterocycles. The molecule has 0 aliphatic rings. The van der Waals surface area contributed by atoms with Crippen molar-refractivity contribution in [2.75, 3.05) is 7.11 Å². The second-order valence-electron chi connectivity index (χ2n) is 4.45. The zero-order valence-electron chi connectivity index (χ0n) is 11.6. The topological polar surface area (TPSA) is 52.8 Å². The molecule has 0 N–H and O–H groups in total. The number of thioether (sulfide) groups is 1. The van der Waals surface area contributed by atoms with Crippen molar-refractivity contribution < 1.29 is 4.74 Å². The first kappa shape index (κ1) is 14.2. The maximum absolute atomic E-state index is 6.27. The molecule has 7 heteroatoms. The quantitative estimate of drug-likeness (QED) is 0.545. The third-order valence-corrected chi connectivity index (χ3v) is 4.49. The lowest BCUT2D eigenvalue weighted by atomic mass is 10.1. The summed E-state index contributed by atoms with van der Waals surface area (Å²) >= 11 is 7.85. The molecule has 0 unspecified atom stereocenters. The van der Waals surface area contributed by atoms with Crippen LogP contribution in [-0.4, -0.2) is 26.9 Å². The van der Waals surface area contributed by atoms with Crippen molar-refractivity contribution in [1.82, 2.24) is 19.7 Å². The summed E-state index contributed by atoms with van der Waals surface area (Å²) in [5.74, 6) is 1.47. The fourth-order valence-corrected chi connectivity index (χ4v) is 3.11. The van der Waals surface area contributed by atoms with E-state index in [0.717, 1.165) is 27.4 Å². The average Bonchev–Trinajstić information content (AvgIpc) is 2.90. The number of hydrogen-bond donors (Lipinski definition) is 0. The second kappa shape index (κ2) is 5.91. The smallest absolute Gasteiger partial charge is 0.186 e. The predicted molar refractivity (Wildman–Crippen MR) is 83.9 cm³/mol. The van der Waals surface area contributed by atoms with E-state index in [1.54, 1.807) is 23.6 Å². The van der Waals surface area contributed by atoms with Crippen LogP contribution in [0.15, 0.2) is 35.7 Å². The van der Waals surface area contributed by atoms with Crippen molar-refractivity contribution in [3.63, 3.8) is 0 Å². The maximum atomic E-state index is 6.27. The van der Waals surface area contributed by atoms with Gasteiger partial charge in [-0.15, -0.1) is 0 Å². The van der Waals surface area contributed by atoms with Gasteiger partial charge in [0.2, 0.25) is 0 Å². The van der Waals surface area contributed by atoms with E-state index in [1.165, 1.54) is 6.33 Å². The highest BCUT2D eigenvalue weighted by atomic mass is 35.5. The Bertz CT molecular complexity index is 790. The van der Waals surface area contributed by atoms with Gasteiger partial charge >= 0.3 is 0 Å². The highest BCUT2D eigenvalue weighted by Gasteiger charge is 2.09. The summed E-state index contributed by atoms with van der Waals surface area (Å²) in [7, 11) is 3.50. The van der Waals surface area contributed by atoms with Crippen molar-refractivity contribution in [2.45, 2.75) is 10.9 Å². The van der Waals surface area contributed by atoms with E-state index in [9.17, 15) is 0 Å². The molecule has 0 radical (unpaired) electrons. The Kier molecular flexibility index (Phi) is 3.98. The minimum absolute atomic E-state index is 0.505. The Morgan fingerprint density at radius 1 is 1.33 bits per heavy atom. The van der Waals surface area contributed by atoms with Gasteiger partial charge in [0, 0.05) is 29.8 Å². The van der Waals surface area contributed by atoms with Gasteiger partial charge in [0.25, 0.3) is 0 Å². The van der Waals surface area contributed by atoms with E-state index in [4.69, 9.17) is 16.3 Å². The summed E-state index contributed by atoms with van der Waals surface area (Å²) in [5, 5.41) is 6.43. The zero-order valence-corrected chi connectivity index (χ0v) is 13.1. The van der Waals surface area contributed by atoms with Gasteiger partial charge in [0.15, 0.2) is 5.16 Å². The fourth-order valence-electron chi connectivity index (χ4n) is 1.95. The number of aromatic nitrogens is 4. The highest BCUT2D eigenvalue weighted by molar-refractivity contribution is 7.98. The zero-order chi connectivity index (χ0) is 14.8. The molecular weight excluding hydrogens is 308 g/mol. The van der Waals surface area contributed by atoms with Gasteiger partial charge in [-0.1, -0.05) is 23.4 Å². The number of aryl methyl sites for hydroxylation is 1. The van der Waals surface area contributed by atoms with Gasteiger partial charge in [0.1, 0.15) is 17.2 Å². The van der Waals surface area contributed by atoms with Crippen LogP contribution >= 0.6 is 23.4 Å². The van der Waals surface area contributed by atoms with Crippen molar-refractivity contribution in [3.8, 4) is 5.75 Å². The number of halogens is 1. The van der Waals surface area contributed by atoms with Gasteiger partial charge in [0.05, 0.1) is 12.6 Å². The summed E-state index contributed by atoms with van der Waals surface area (Å²) in [6, 6.07) is 7.82. The highest BCUT2D eigenvalue weighted by Crippen LogP contribution is 2.28. The van der Waals surface area contributed by atoms with Crippen molar-refractivity contribution in [2.24, 2.45) is 7.05 Å². The SMILES string of the molecule is COc1ccc2cc(CSc3ncnn3C)c(Cl)nc2c1. The number of hydrogen-bond acceptors (Lipinski definition) is 5. The van der Waals surface area contributed by atoms with Crippen LogP contribution in [0.3, 0.4) is 0 Å². The standard InChI is InChI=1S/C14H13ClN4OS/c1-19-14(16-8-17-19)21-7-10-5-9-3-4-11(20-2)6-12(9)18-13(10)15/h3-6,8H,7H2,1-2H3. The molecule has 2 aromatic heterocycles. The summed E-state index contributed by atoms with van der Waals surface area (Å²) in [4.78, 5) is 8.62. The Labute approximate surface area is 131 Å². The lowest BCUT2D eigenvalue weighted by Crippen LogP contribution is -1.94. The molecule has 108 valence electrons. The van der Waals surface area contributed by atoms with Crippen molar-refractivity contribution >= 4 is 34.3 Å². The third-order valence-electron chi connectivity index (χ3n) is 3.08. The molecule has 0 saturated carbocycles.